The molecule has 1 aromatic carbocycles. The van der Waals surface area contributed by atoms with E-state index in [1.54, 1.807) is 6.20 Å². The molecule has 29 heavy (non-hydrogen) atoms. The lowest BCUT2D eigenvalue weighted by Gasteiger charge is -2.33. The molecule has 3 atom stereocenters. The molecule has 1 amide bonds. The highest BCUT2D eigenvalue weighted by Gasteiger charge is 2.48. The summed E-state index contributed by atoms with van der Waals surface area (Å²) in [6.45, 7) is 0. The second kappa shape index (κ2) is 6.77. The second-order valence-electron chi connectivity index (χ2n) is 8.39. The maximum atomic E-state index is 13.6. The van der Waals surface area contributed by atoms with Crippen molar-refractivity contribution in [2.45, 2.75) is 50.1 Å². The quantitative estimate of drug-likeness (QED) is 0.833. The Labute approximate surface area is 168 Å². The summed E-state index contributed by atoms with van der Waals surface area (Å²) >= 11 is 0. The first-order valence-electron chi connectivity index (χ1n) is 10.3. The number of hydrogen-bond acceptors (Lipinski definition) is 5. The van der Waals surface area contributed by atoms with Gasteiger partial charge in [0.05, 0.1) is 6.07 Å². The van der Waals surface area contributed by atoms with Gasteiger partial charge in [0.15, 0.2) is 5.78 Å². The van der Waals surface area contributed by atoms with Gasteiger partial charge in [0.1, 0.15) is 22.9 Å². The van der Waals surface area contributed by atoms with E-state index in [-0.39, 0.29) is 23.5 Å². The number of fused-ring (bicyclic) bond motifs is 3. The molecule has 6 heteroatoms. The van der Waals surface area contributed by atoms with Crippen molar-refractivity contribution >= 4 is 28.7 Å². The Balaban J connectivity index is 1.44. The predicted octanol–water partition coefficient (Wildman–Crippen LogP) is 3.60. The van der Waals surface area contributed by atoms with Gasteiger partial charge in [-0.05, 0) is 37.8 Å². The van der Waals surface area contributed by atoms with E-state index in [9.17, 15) is 14.9 Å². The van der Waals surface area contributed by atoms with E-state index in [4.69, 9.17) is 4.42 Å². The SMILES string of the molecule is N#CC1(NC(=O)[C@@H]2CCCC[C@H]2C(=O)C2NC=Cc3oc4ccccc4c32)CC1. The molecular weight excluding hydrogens is 366 g/mol. The van der Waals surface area contributed by atoms with E-state index in [1.165, 1.54) is 0 Å². The molecule has 1 aromatic heterocycles. The van der Waals surface area contributed by atoms with Crippen molar-refractivity contribution < 1.29 is 14.0 Å². The number of carbonyl (C=O) groups is 2. The Kier molecular flexibility index (Phi) is 4.20. The van der Waals surface area contributed by atoms with E-state index in [0.717, 1.165) is 29.4 Å². The highest BCUT2D eigenvalue weighted by molar-refractivity contribution is 5.98. The summed E-state index contributed by atoms with van der Waals surface area (Å²) in [6.07, 6.45) is 8.23. The molecule has 2 saturated carbocycles. The van der Waals surface area contributed by atoms with Crippen LogP contribution >= 0.6 is 0 Å². The minimum absolute atomic E-state index is 0.0313. The molecule has 0 bridgehead atoms. The van der Waals surface area contributed by atoms with Crippen molar-refractivity contribution in [2.75, 3.05) is 0 Å². The molecule has 2 fully saturated rings. The Hall–Kier alpha value is -3.07. The minimum Gasteiger partial charge on any atom is -0.456 e. The van der Waals surface area contributed by atoms with Crippen LogP contribution in [0.5, 0.6) is 0 Å². The monoisotopic (exact) mass is 389 g/mol. The lowest BCUT2D eigenvalue weighted by atomic mass is 9.73. The lowest BCUT2D eigenvalue weighted by Crippen LogP contribution is -2.46. The maximum absolute atomic E-state index is 13.6. The van der Waals surface area contributed by atoms with E-state index >= 15 is 0 Å². The van der Waals surface area contributed by atoms with Crippen molar-refractivity contribution in [1.82, 2.24) is 10.6 Å². The highest BCUT2D eigenvalue weighted by atomic mass is 16.3. The smallest absolute Gasteiger partial charge is 0.225 e. The maximum Gasteiger partial charge on any atom is 0.225 e. The number of nitriles is 1. The first-order chi connectivity index (χ1) is 14.1. The number of benzene rings is 1. The van der Waals surface area contributed by atoms with Crippen LogP contribution in [0.2, 0.25) is 0 Å². The minimum atomic E-state index is -0.706. The van der Waals surface area contributed by atoms with Crippen LogP contribution in [0.3, 0.4) is 0 Å². The zero-order valence-electron chi connectivity index (χ0n) is 16.1. The van der Waals surface area contributed by atoms with Gasteiger partial charge in [-0.1, -0.05) is 31.0 Å². The van der Waals surface area contributed by atoms with Crippen molar-refractivity contribution in [3.8, 4) is 6.07 Å². The molecule has 0 saturated heterocycles. The molecule has 1 aliphatic heterocycles. The second-order valence-corrected chi connectivity index (χ2v) is 8.39. The Morgan fingerprint density at radius 3 is 2.69 bits per heavy atom. The van der Waals surface area contributed by atoms with E-state index < -0.39 is 11.6 Å². The molecule has 0 radical (unpaired) electrons. The number of para-hydroxylation sites is 1. The normalized spacial score (nSPS) is 26.8. The standard InChI is InChI=1S/C23H23N3O3/c24-13-23(10-11-23)26-22(28)15-6-2-1-5-14(15)21(27)20-19-16-7-3-4-8-17(16)29-18(19)9-12-25-20/h3-4,7-9,12,14-15,20,25H,1-2,5-6,10-11H2,(H,26,28)/t14-,15-,20?/m1/s1. The van der Waals surface area contributed by atoms with Gasteiger partial charge in [-0.2, -0.15) is 5.26 Å². The molecule has 2 aromatic rings. The molecule has 148 valence electrons. The first kappa shape index (κ1) is 18.0. The largest absolute Gasteiger partial charge is 0.456 e. The van der Waals surface area contributed by atoms with E-state index in [1.807, 2.05) is 30.3 Å². The summed E-state index contributed by atoms with van der Waals surface area (Å²) in [7, 11) is 0. The van der Waals surface area contributed by atoms with Crippen LogP contribution in [-0.4, -0.2) is 17.2 Å². The predicted molar refractivity (Wildman–Crippen MR) is 107 cm³/mol. The van der Waals surface area contributed by atoms with Crippen molar-refractivity contribution in [3.05, 3.63) is 41.8 Å². The molecule has 2 heterocycles. The number of amides is 1. The lowest BCUT2D eigenvalue weighted by molar-refractivity contribution is -0.136. The van der Waals surface area contributed by atoms with Crippen LogP contribution in [-0.2, 0) is 9.59 Å². The fourth-order valence-corrected chi connectivity index (χ4v) is 4.75. The number of ketones is 1. The zero-order valence-corrected chi connectivity index (χ0v) is 16.1. The van der Waals surface area contributed by atoms with Crippen LogP contribution in [0.1, 0.15) is 55.9 Å². The molecule has 2 aliphatic carbocycles. The third-order valence-corrected chi connectivity index (χ3v) is 6.53. The number of carbonyl (C=O) groups excluding carboxylic acids is 2. The van der Waals surface area contributed by atoms with Crippen molar-refractivity contribution in [2.24, 2.45) is 11.8 Å². The number of hydrogen-bond donors (Lipinski definition) is 2. The van der Waals surface area contributed by atoms with Gasteiger partial charge in [0.2, 0.25) is 5.91 Å². The molecule has 2 N–H and O–H groups in total. The number of rotatable bonds is 4. The van der Waals surface area contributed by atoms with Crippen LogP contribution in [0, 0.1) is 23.2 Å². The molecule has 3 aliphatic rings. The van der Waals surface area contributed by atoms with Gasteiger partial charge in [-0.15, -0.1) is 0 Å². The molecule has 5 rings (SSSR count). The first-order valence-corrected chi connectivity index (χ1v) is 10.3. The van der Waals surface area contributed by atoms with Gasteiger partial charge in [-0.25, -0.2) is 0 Å². The molecule has 6 nitrogen and oxygen atoms in total. The summed E-state index contributed by atoms with van der Waals surface area (Å²) in [5, 5.41) is 16.4. The summed E-state index contributed by atoms with van der Waals surface area (Å²) in [6, 6.07) is 9.40. The average Bonchev–Trinajstić information content (AvgIpc) is 3.43. The molecular formula is C23H23N3O3. The number of Topliss-reactive ketones (excluding diaryl/α,β-unsaturated/α-hetero) is 1. The third-order valence-electron chi connectivity index (χ3n) is 6.53. The summed E-state index contributed by atoms with van der Waals surface area (Å²) in [4.78, 5) is 26.6. The molecule has 1 unspecified atom stereocenters. The van der Waals surface area contributed by atoms with E-state index in [0.29, 0.717) is 31.4 Å². The topological polar surface area (TPSA) is 95.1 Å². The van der Waals surface area contributed by atoms with Crippen molar-refractivity contribution in [3.63, 3.8) is 0 Å². The average molecular weight is 389 g/mol. The Morgan fingerprint density at radius 1 is 1.17 bits per heavy atom. The van der Waals surface area contributed by atoms with Crippen LogP contribution in [0.25, 0.3) is 17.0 Å². The fraction of sp³-hybridized carbons (Fsp3) is 0.435. The number of nitrogens with one attached hydrogen (secondary N) is 2. The van der Waals surface area contributed by atoms with Crippen LogP contribution in [0.15, 0.2) is 34.9 Å². The van der Waals surface area contributed by atoms with Gasteiger partial charge < -0.3 is 15.1 Å². The molecule has 0 spiro atoms. The highest BCUT2D eigenvalue weighted by Crippen LogP contribution is 2.41. The fourth-order valence-electron chi connectivity index (χ4n) is 4.75. The van der Waals surface area contributed by atoms with Gasteiger partial charge in [-0.3, -0.25) is 9.59 Å². The number of furan rings is 1. The van der Waals surface area contributed by atoms with Crippen LogP contribution < -0.4 is 10.6 Å². The summed E-state index contributed by atoms with van der Waals surface area (Å²) in [5.74, 6) is -0.156. The van der Waals surface area contributed by atoms with Crippen molar-refractivity contribution in [1.29, 1.82) is 5.26 Å². The van der Waals surface area contributed by atoms with Gasteiger partial charge >= 0.3 is 0 Å². The van der Waals surface area contributed by atoms with Crippen LogP contribution in [0.4, 0.5) is 0 Å². The zero-order chi connectivity index (χ0) is 20.0. The van der Waals surface area contributed by atoms with Gasteiger partial charge in [0.25, 0.3) is 0 Å². The van der Waals surface area contributed by atoms with Gasteiger partial charge in [0, 0.05) is 29.0 Å². The summed E-state index contributed by atoms with van der Waals surface area (Å²) in [5.41, 5.74) is 0.904. The Bertz CT molecular complexity index is 1060. The van der Waals surface area contributed by atoms with E-state index in [2.05, 4.69) is 16.7 Å². The Morgan fingerprint density at radius 2 is 1.93 bits per heavy atom. The third kappa shape index (κ3) is 3.02. The summed E-state index contributed by atoms with van der Waals surface area (Å²) < 4.78 is 5.93. The number of nitrogens with zero attached hydrogens (tertiary/aromatic N) is 1.